The van der Waals surface area contributed by atoms with E-state index in [0.717, 1.165) is 78.4 Å². The highest BCUT2D eigenvalue weighted by Gasteiger charge is 2.21. The third-order valence-electron chi connectivity index (χ3n) is 5.12. The van der Waals surface area contributed by atoms with Crippen molar-refractivity contribution in [2.75, 3.05) is 36.0 Å². The van der Waals surface area contributed by atoms with Gasteiger partial charge in [-0.1, -0.05) is 6.92 Å². The fraction of sp³-hybridized carbons (Fsp3) is 0.450. The highest BCUT2D eigenvalue weighted by Crippen LogP contribution is 2.26. The molecule has 1 fully saturated rings. The third-order valence-corrected chi connectivity index (χ3v) is 5.94. The van der Waals surface area contributed by atoms with Gasteiger partial charge in [0.15, 0.2) is 5.82 Å². The van der Waals surface area contributed by atoms with E-state index >= 15 is 0 Å². The Kier molecular flexibility index (Phi) is 5.47. The van der Waals surface area contributed by atoms with E-state index < -0.39 is 0 Å². The molecule has 0 aromatic carbocycles. The molecule has 8 heteroatoms. The number of pyridine rings is 1. The first-order chi connectivity index (χ1) is 13.7. The van der Waals surface area contributed by atoms with Gasteiger partial charge in [-0.05, 0) is 32.4 Å². The van der Waals surface area contributed by atoms with Crippen molar-refractivity contribution in [3.8, 4) is 11.4 Å². The second-order valence-corrected chi connectivity index (χ2v) is 7.73. The minimum atomic E-state index is 0.740. The molecule has 1 aliphatic rings. The van der Waals surface area contributed by atoms with Crippen LogP contribution in [0.5, 0.6) is 0 Å². The summed E-state index contributed by atoms with van der Waals surface area (Å²) < 4.78 is 4.44. The lowest BCUT2D eigenvalue weighted by Crippen LogP contribution is -2.31. The molecule has 0 aliphatic carbocycles. The lowest BCUT2D eigenvalue weighted by molar-refractivity contribution is 0.790. The number of hydrogen-bond donors (Lipinski definition) is 0. The van der Waals surface area contributed by atoms with E-state index in [2.05, 4.69) is 44.9 Å². The highest BCUT2D eigenvalue weighted by atomic mass is 32.1. The minimum Gasteiger partial charge on any atom is -0.354 e. The second-order valence-electron chi connectivity index (χ2n) is 7.00. The van der Waals surface area contributed by atoms with Gasteiger partial charge in [-0.15, -0.1) is 0 Å². The van der Waals surface area contributed by atoms with Crippen LogP contribution >= 0.6 is 11.5 Å². The third kappa shape index (κ3) is 3.82. The summed E-state index contributed by atoms with van der Waals surface area (Å²) in [5.41, 5.74) is 3.11. The highest BCUT2D eigenvalue weighted by molar-refractivity contribution is 7.09. The van der Waals surface area contributed by atoms with Crippen LogP contribution in [-0.4, -0.2) is 50.5 Å². The van der Waals surface area contributed by atoms with Crippen LogP contribution in [0.15, 0.2) is 24.5 Å². The van der Waals surface area contributed by atoms with E-state index in [4.69, 9.17) is 9.97 Å². The number of anilines is 2. The van der Waals surface area contributed by atoms with Crippen LogP contribution in [0.1, 0.15) is 30.4 Å². The van der Waals surface area contributed by atoms with Crippen LogP contribution in [0, 0.1) is 13.8 Å². The van der Waals surface area contributed by atoms with Crippen molar-refractivity contribution in [3.05, 3.63) is 41.6 Å². The van der Waals surface area contributed by atoms with Gasteiger partial charge in [0.2, 0.25) is 5.13 Å². The molecule has 1 saturated heterocycles. The fourth-order valence-electron chi connectivity index (χ4n) is 3.38. The summed E-state index contributed by atoms with van der Waals surface area (Å²) in [5.74, 6) is 2.70. The fourth-order valence-corrected chi connectivity index (χ4v) is 4.18. The smallest absolute Gasteiger partial charge is 0.205 e. The maximum Gasteiger partial charge on any atom is 0.205 e. The SMILES string of the molecule is CCc1nsc(N2CCCN(c3nc(-c4cccnc4)nc(C)c3C)CC2)n1. The molecule has 1 aliphatic heterocycles. The number of rotatable bonds is 4. The average molecular weight is 396 g/mol. The second kappa shape index (κ2) is 8.18. The molecule has 4 rings (SSSR count). The molecule has 0 N–H and O–H groups in total. The number of hydrogen-bond acceptors (Lipinski definition) is 8. The summed E-state index contributed by atoms with van der Waals surface area (Å²) in [6, 6.07) is 3.93. The lowest BCUT2D eigenvalue weighted by Gasteiger charge is -2.25. The molecule has 0 bridgehead atoms. The standard InChI is InChI=1S/C20H25N7S/c1-4-17-23-20(28-25-17)27-10-6-9-26(11-12-27)19-14(2)15(3)22-18(24-19)16-7-5-8-21-13-16/h5,7-8,13H,4,6,9-12H2,1-3H3. The van der Waals surface area contributed by atoms with Gasteiger partial charge in [-0.2, -0.15) is 4.37 Å². The average Bonchev–Trinajstić information content (AvgIpc) is 3.08. The van der Waals surface area contributed by atoms with Gasteiger partial charge < -0.3 is 9.80 Å². The zero-order chi connectivity index (χ0) is 19.5. The molecule has 28 heavy (non-hydrogen) atoms. The van der Waals surface area contributed by atoms with Gasteiger partial charge >= 0.3 is 0 Å². The largest absolute Gasteiger partial charge is 0.354 e. The van der Waals surface area contributed by atoms with Crippen molar-refractivity contribution < 1.29 is 0 Å². The molecule has 3 aromatic heterocycles. The summed E-state index contributed by atoms with van der Waals surface area (Å²) >= 11 is 1.51. The summed E-state index contributed by atoms with van der Waals surface area (Å²) in [6.45, 7) is 10.0. The molecule has 0 unspecified atom stereocenters. The topological polar surface area (TPSA) is 70.9 Å². The van der Waals surface area contributed by atoms with Crippen molar-refractivity contribution in [3.63, 3.8) is 0 Å². The summed E-state index contributed by atoms with van der Waals surface area (Å²) in [6.07, 6.45) is 5.53. The van der Waals surface area contributed by atoms with E-state index in [0.29, 0.717) is 0 Å². The molecule has 0 amide bonds. The Labute approximate surface area is 169 Å². The van der Waals surface area contributed by atoms with Crippen molar-refractivity contribution in [2.24, 2.45) is 0 Å². The van der Waals surface area contributed by atoms with Crippen molar-refractivity contribution >= 4 is 22.5 Å². The monoisotopic (exact) mass is 395 g/mol. The molecule has 0 atom stereocenters. The van der Waals surface area contributed by atoms with Gasteiger partial charge in [0.25, 0.3) is 0 Å². The van der Waals surface area contributed by atoms with E-state index in [1.165, 1.54) is 11.5 Å². The van der Waals surface area contributed by atoms with E-state index in [1.807, 2.05) is 18.3 Å². The molecule has 7 nitrogen and oxygen atoms in total. The normalized spacial score (nSPS) is 15.0. The number of aromatic nitrogens is 5. The zero-order valence-corrected chi connectivity index (χ0v) is 17.4. The van der Waals surface area contributed by atoms with Crippen LogP contribution in [0.2, 0.25) is 0 Å². The molecule has 146 valence electrons. The maximum absolute atomic E-state index is 4.91. The van der Waals surface area contributed by atoms with Crippen LogP contribution in [0.3, 0.4) is 0 Å². The first-order valence-corrected chi connectivity index (χ1v) is 10.5. The lowest BCUT2D eigenvalue weighted by atomic mass is 10.2. The Morgan fingerprint density at radius 3 is 2.61 bits per heavy atom. The Balaban J connectivity index is 1.58. The van der Waals surface area contributed by atoms with Gasteiger partial charge in [-0.3, -0.25) is 4.98 Å². The molecule has 4 heterocycles. The molecular formula is C20H25N7S. The number of nitrogens with zero attached hydrogens (tertiary/aromatic N) is 7. The number of aryl methyl sites for hydroxylation is 2. The molecule has 0 spiro atoms. The van der Waals surface area contributed by atoms with Crippen molar-refractivity contribution in [1.29, 1.82) is 0 Å². The first-order valence-electron chi connectivity index (χ1n) is 9.74. The van der Waals surface area contributed by atoms with Crippen molar-refractivity contribution in [1.82, 2.24) is 24.3 Å². The zero-order valence-electron chi connectivity index (χ0n) is 16.6. The molecule has 3 aromatic rings. The summed E-state index contributed by atoms with van der Waals surface area (Å²) in [4.78, 5) is 23.2. The molecule has 0 saturated carbocycles. The Bertz CT molecular complexity index is 941. The van der Waals surface area contributed by atoms with Crippen LogP contribution < -0.4 is 9.80 Å². The van der Waals surface area contributed by atoms with Gasteiger partial charge in [0.1, 0.15) is 11.6 Å². The van der Waals surface area contributed by atoms with E-state index in [9.17, 15) is 0 Å². The summed E-state index contributed by atoms with van der Waals surface area (Å²) in [5, 5.41) is 1.03. The quantitative estimate of drug-likeness (QED) is 0.671. The Hall–Kier alpha value is -2.61. The van der Waals surface area contributed by atoms with Gasteiger partial charge in [0.05, 0.1) is 0 Å². The molecule has 0 radical (unpaired) electrons. The Morgan fingerprint density at radius 2 is 1.86 bits per heavy atom. The van der Waals surface area contributed by atoms with Gasteiger partial charge in [0, 0.05) is 73.3 Å². The predicted molar refractivity (Wildman–Crippen MR) is 113 cm³/mol. The van der Waals surface area contributed by atoms with Crippen molar-refractivity contribution in [2.45, 2.75) is 33.6 Å². The maximum atomic E-state index is 4.91. The first kappa shape index (κ1) is 18.7. The van der Waals surface area contributed by atoms with Crippen LogP contribution in [0.4, 0.5) is 10.9 Å². The van der Waals surface area contributed by atoms with Crippen LogP contribution in [0.25, 0.3) is 11.4 Å². The van der Waals surface area contributed by atoms with E-state index in [1.54, 1.807) is 6.20 Å². The van der Waals surface area contributed by atoms with Gasteiger partial charge in [-0.25, -0.2) is 15.0 Å². The minimum absolute atomic E-state index is 0.740. The van der Waals surface area contributed by atoms with Crippen LogP contribution in [-0.2, 0) is 6.42 Å². The Morgan fingerprint density at radius 1 is 1.04 bits per heavy atom. The summed E-state index contributed by atoms with van der Waals surface area (Å²) in [7, 11) is 0. The predicted octanol–water partition coefficient (Wildman–Crippen LogP) is 3.29. The molecular weight excluding hydrogens is 370 g/mol. The van der Waals surface area contributed by atoms with E-state index in [-0.39, 0.29) is 0 Å².